The first kappa shape index (κ1) is 61.9. The third-order valence-corrected chi connectivity index (χ3v) is 28.6. The zero-order valence-corrected chi connectivity index (χ0v) is 60.2. The van der Waals surface area contributed by atoms with E-state index in [9.17, 15) is 0 Å². The fourth-order valence-electron chi connectivity index (χ4n) is 25.0. The molecule has 10 aliphatic rings. The molecule has 0 unspecified atom stereocenters. The maximum atomic E-state index is 17.2. The highest BCUT2D eigenvalue weighted by Gasteiger charge is 2.65. The fourth-order valence-corrected chi connectivity index (χ4v) is 25.0. The van der Waals surface area contributed by atoms with Crippen LogP contribution in [0.2, 0.25) is 0 Å². The van der Waals surface area contributed by atoms with Crippen LogP contribution in [0, 0.1) is 64.8 Å². The molecule has 8 nitrogen and oxygen atoms in total. The van der Waals surface area contributed by atoms with Crippen LogP contribution in [0.3, 0.4) is 0 Å². The number of aromatic nitrogens is 8. The van der Waals surface area contributed by atoms with Crippen LogP contribution < -0.4 is 0 Å². The van der Waals surface area contributed by atoms with Gasteiger partial charge in [0.25, 0.3) is 0 Å². The highest BCUT2D eigenvalue weighted by Crippen LogP contribution is 2.74. The van der Waals surface area contributed by atoms with Gasteiger partial charge >= 0.3 is 0 Å². The van der Waals surface area contributed by atoms with Crippen molar-refractivity contribution >= 4 is 65.4 Å². The SMILES string of the molecule is Fc1cc2c(c(F)c1F)-c1cc(-c3ccc4c(c3)c3ccccc3n4-c3nc4ccccc4n3-c3ccncn3)ccc1C21C2CC3CC1CC(C2)C3c1cccc2cc(-c3cc(-n4c5ccccc5c5cc(-c6ccc7c(c6)-c6ccccc6C76C7CC8CC(C7)CC6C8)ccc54)nc(-c4ccccc4)n3)ccc12. The molecular weight excluding hydrogens is 1360 g/mol. The molecule has 12 aromatic carbocycles. The van der Waals surface area contributed by atoms with Crippen molar-refractivity contribution in [2.24, 2.45) is 47.3 Å². The van der Waals surface area contributed by atoms with Crippen LogP contribution in [0.1, 0.15) is 91.5 Å². The van der Waals surface area contributed by atoms with Crippen LogP contribution in [0.4, 0.5) is 13.2 Å². The van der Waals surface area contributed by atoms with Crippen molar-refractivity contribution < 1.29 is 13.2 Å². The number of halogens is 3. The van der Waals surface area contributed by atoms with Crippen molar-refractivity contribution in [1.29, 1.82) is 0 Å². The van der Waals surface area contributed by atoms with E-state index in [0.717, 1.165) is 138 Å². The smallest absolute Gasteiger partial charge is 0.221 e. The van der Waals surface area contributed by atoms with E-state index in [0.29, 0.717) is 46.5 Å². The molecule has 2 spiro atoms. The van der Waals surface area contributed by atoms with Gasteiger partial charge in [-0.15, -0.1) is 0 Å². The lowest BCUT2D eigenvalue weighted by Crippen LogP contribution is -2.57. The van der Waals surface area contributed by atoms with Crippen molar-refractivity contribution in [3.8, 4) is 84.7 Å². The number of nitrogens with zero attached hydrogens (tertiary/aromatic N) is 8. The second-order valence-electron chi connectivity index (χ2n) is 33.5. The van der Waals surface area contributed by atoms with Gasteiger partial charge in [-0.3, -0.25) is 13.7 Å². The van der Waals surface area contributed by atoms with Crippen molar-refractivity contribution in [3.05, 3.63) is 313 Å². The summed E-state index contributed by atoms with van der Waals surface area (Å²) in [5, 5.41) is 6.82. The molecule has 8 fully saturated rings. The summed E-state index contributed by atoms with van der Waals surface area (Å²) in [4.78, 5) is 25.0. The maximum Gasteiger partial charge on any atom is 0.221 e. The number of benzene rings is 12. The van der Waals surface area contributed by atoms with Crippen molar-refractivity contribution in [1.82, 2.24) is 38.6 Å². The average Bonchev–Trinajstić information content (AvgIpc) is 1.46. The van der Waals surface area contributed by atoms with E-state index in [2.05, 4.69) is 236 Å². The van der Waals surface area contributed by atoms with E-state index in [1.165, 1.54) is 82.1 Å². The summed E-state index contributed by atoms with van der Waals surface area (Å²) in [6.45, 7) is 0. The monoisotopic (exact) mass is 1430 g/mol. The number of para-hydroxylation sites is 4. The van der Waals surface area contributed by atoms with E-state index in [4.69, 9.17) is 15.0 Å². The van der Waals surface area contributed by atoms with Gasteiger partial charge in [0, 0.05) is 61.3 Å². The Kier molecular flexibility index (Phi) is 12.7. The minimum absolute atomic E-state index is 0.108. The Labute approximate surface area is 632 Å². The molecule has 5 heterocycles. The molecule has 528 valence electrons. The zero-order chi connectivity index (χ0) is 72.1. The van der Waals surface area contributed by atoms with Gasteiger partial charge in [0.15, 0.2) is 23.3 Å². The van der Waals surface area contributed by atoms with E-state index >= 15 is 13.2 Å². The standard InChI is InChI=1S/C99H71F3N8/c100-82-51-81-93(95(102)94(82)101)77-50-58(60-29-34-88-76(49-60)72-18-6-10-23-86(72)109(88)97-106-83-21-8-11-24-89(83)110(97)90-35-36-103-53-104-90)27-32-80(77)99(81)67-43-63-44-68(99)46-64(45-67)92(63)73-19-12-15-61-42-62(25-30-69(61)73)84-52-91(107-96(105-84)56-13-2-1-3-14-56)108-85-22-9-5-17-71(85)75-48-59(28-33-87(75)108)57-26-31-79-74(47-57)70-16-4-7-20-78(70)98(79)65-38-54-37-55(40-65)41-66(98)39-54/h1-36,42,47-55,63-68,92H,37-41,43-46H2. The molecule has 0 N–H and O–H groups in total. The Morgan fingerprint density at radius 3 is 1.65 bits per heavy atom. The van der Waals surface area contributed by atoms with Gasteiger partial charge in [-0.05, 0) is 267 Å². The molecule has 0 amide bonds. The average molecular weight is 1430 g/mol. The number of hydrogen-bond donors (Lipinski definition) is 0. The molecule has 0 atom stereocenters. The Morgan fingerprint density at radius 1 is 0.355 bits per heavy atom. The van der Waals surface area contributed by atoms with Crippen LogP contribution in [-0.2, 0) is 10.8 Å². The minimum atomic E-state index is -1.42. The second kappa shape index (κ2) is 22.5. The Hall–Kier alpha value is -12.1. The molecule has 0 radical (unpaired) electrons. The summed E-state index contributed by atoms with van der Waals surface area (Å²) in [6.07, 6.45) is 13.9. The van der Waals surface area contributed by atoms with Crippen LogP contribution >= 0.6 is 0 Å². The maximum absolute atomic E-state index is 17.2. The van der Waals surface area contributed by atoms with Gasteiger partial charge in [-0.25, -0.2) is 38.1 Å². The first-order chi connectivity index (χ1) is 54.2. The van der Waals surface area contributed by atoms with E-state index in [1.807, 2.05) is 36.4 Å². The molecule has 0 aliphatic heterocycles. The first-order valence-corrected chi connectivity index (χ1v) is 39.6. The largest absolute Gasteiger partial charge is 0.294 e. The Morgan fingerprint density at radius 2 is 0.936 bits per heavy atom. The molecule has 27 rings (SSSR count). The second-order valence-corrected chi connectivity index (χ2v) is 33.5. The highest BCUT2D eigenvalue weighted by molar-refractivity contribution is 6.12. The molecule has 8 bridgehead atoms. The molecule has 17 aromatic rings. The van der Waals surface area contributed by atoms with E-state index < -0.39 is 22.9 Å². The molecule has 10 aliphatic carbocycles. The zero-order valence-electron chi connectivity index (χ0n) is 60.2. The third-order valence-electron chi connectivity index (χ3n) is 28.6. The lowest BCUT2D eigenvalue weighted by molar-refractivity contribution is -0.0568. The fraction of sp³-hybridized carbons (Fsp3) is 0.202. The van der Waals surface area contributed by atoms with Gasteiger partial charge in [0.05, 0.1) is 38.8 Å². The van der Waals surface area contributed by atoms with E-state index in [-0.39, 0.29) is 22.8 Å². The third kappa shape index (κ3) is 8.29. The first-order valence-electron chi connectivity index (χ1n) is 39.6. The summed E-state index contributed by atoms with van der Waals surface area (Å²) in [5.74, 6) is 3.70. The molecular formula is C99H71F3N8. The van der Waals surface area contributed by atoms with Crippen molar-refractivity contribution in [3.63, 3.8) is 0 Å². The summed E-state index contributed by atoms with van der Waals surface area (Å²) >= 11 is 0. The van der Waals surface area contributed by atoms with Crippen LogP contribution in [0.15, 0.2) is 267 Å². The predicted molar refractivity (Wildman–Crippen MR) is 431 cm³/mol. The van der Waals surface area contributed by atoms with Gasteiger partial charge in [0.2, 0.25) is 5.95 Å². The van der Waals surface area contributed by atoms with Crippen molar-refractivity contribution in [2.45, 2.75) is 74.5 Å². The van der Waals surface area contributed by atoms with Gasteiger partial charge < -0.3 is 0 Å². The number of imidazole rings is 1. The Balaban J connectivity index is 0.549. The van der Waals surface area contributed by atoms with Crippen molar-refractivity contribution in [2.75, 3.05) is 0 Å². The summed E-state index contributed by atoms with van der Waals surface area (Å²) in [6, 6.07) is 91.6. The quantitative estimate of drug-likeness (QED) is 0.142. The molecule has 110 heavy (non-hydrogen) atoms. The summed E-state index contributed by atoms with van der Waals surface area (Å²) in [5.41, 5.74) is 22.3. The van der Waals surface area contributed by atoms with Gasteiger partial charge in [-0.1, -0.05) is 170 Å². The molecule has 5 aromatic heterocycles. The summed E-state index contributed by atoms with van der Waals surface area (Å²) in [7, 11) is 0. The normalized spacial score (nSPS) is 24.2. The van der Waals surface area contributed by atoms with Gasteiger partial charge in [0.1, 0.15) is 18.0 Å². The lowest BCUT2D eigenvalue weighted by atomic mass is 9.40. The van der Waals surface area contributed by atoms with Gasteiger partial charge in [-0.2, -0.15) is 0 Å². The summed E-state index contributed by atoms with van der Waals surface area (Å²) < 4.78 is 56.0. The van der Waals surface area contributed by atoms with Crippen LogP contribution in [0.5, 0.6) is 0 Å². The predicted octanol–water partition coefficient (Wildman–Crippen LogP) is 23.9. The Bertz CT molecular complexity index is 6810. The lowest BCUT2D eigenvalue weighted by Gasteiger charge is -2.63. The molecule has 0 saturated heterocycles. The molecule has 8 saturated carbocycles. The number of rotatable bonds is 8. The topological polar surface area (TPSA) is 79.2 Å². The highest BCUT2D eigenvalue weighted by atomic mass is 19.2. The van der Waals surface area contributed by atoms with E-state index in [1.54, 1.807) is 23.7 Å². The van der Waals surface area contributed by atoms with Crippen LogP contribution in [-0.4, -0.2) is 38.6 Å². The number of fused-ring (bicyclic) bond motifs is 14. The minimum Gasteiger partial charge on any atom is -0.294 e. The van der Waals surface area contributed by atoms with Crippen LogP contribution in [0.25, 0.3) is 150 Å². The molecule has 11 heteroatoms. The number of hydrogen-bond acceptors (Lipinski definition) is 5.